The zero-order valence-electron chi connectivity index (χ0n) is 23.4. The molecule has 0 radical (unpaired) electrons. The summed E-state index contributed by atoms with van der Waals surface area (Å²) in [7, 11) is -4.18. The molecule has 0 saturated carbocycles. The molecule has 0 aliphatic rings. The number of ether oxygens (including phenoxy) is 1. The molecule has 3 rings (SSSR count). The number of carbonyl (C=O) groups is 2. The zero-order chi connectivity index (χ0) is 29.4. The van der Waals surface area contributed by atoms with Crippen molar-refractivity contribution < 1.29 is 22.7 Å². The summed E-state index contributed by atoms with van der Waals surface area (Å²) in [6.45, 7) is 9.16. The highest BCUT2D eigenvalue weighted by Gasteiger charge is 2.33. The van der Waals surface area contributed by atoms with E-state index in [1.54, 1.807) is 31.2 Å². The Morgan fingerprint density at radius 3 is 2.15 bits per heavy atom. The van der Waals surface area contributed by atoms with Crippen molar-refractivity contribution in [1.29, 1.82) is 0 Å². The largest absolute Gasteiger partial charge is 0.494 e. The van der Waals surface area contributed by atoms with Crippen LogP contribution >= 0.6 is 11.6 Å². The molecule has 3 aromatic carbocycles. The number of benzene rings is 3. The Morgan fingerprint density at radius 2 is 1.57 bits per heavy atom. The molecule has 1 N–H and O–H groups in total. The first-order valence-electron chi connectivity index (χ1n) is 13.1. The third-order valence-corrected chi connectivity index (χ3v) is 8.36. The Hall–Kier alpha value is -3.56. The van der Waals surface area contributed by atoms with Crippen molar-refractivity contribution in [3.8, 4) is 5.75 Å². The molecule has 1 atom stereocenters. The minimum Gasteiger partial charge on any atom is -0.494 e. The molecule has 0 saturated heterocycles. The highest BCUT2D eigenvalue weighted by atomic mass is 35.5. The minimum absolute atomic E-state index is 0.0189. The van der Waals surface area contributed by atoms with E-state index in [4.69, 9.17) is 16.3 Å². The van der Waals surface area contributed by atoms with E-state index in [0.717, 1.165) is 15.4 Å². The van der Waals surface area contributed by atoms with Gasteiger partial charge >= 0.3 is 0 Å². The highest BCUT2D eigenvalue weighted by Crippen LogP contribution is 2.27. The third-order valence-electron chi connectivity index (χ3n) is 6.32. The van der Waals surface area contributed by atoms with Gasteiger partial charge in [-0.05, 0) is 94.3 Å². The normalized spacial score (nSPS) is 12.1. The van der Waals surface area contributed by atoms with Crippen LogP contribution in [0.15, 0.2) is 77.7 Å². The molecule has 214 valence electrons. The van der Waals surface area contributed by atoms with E-state index in [0.29, 0.717) is 17.4 Å². The average Bonchev–Trinajstić information content (AvgIpc) is 2.91. The molecule has 0 spiro atoms. The van der Waals surface area contributed by atoms with E-state index in [1.165, 1.54) is 29.2 Å². The summed E-state index contributed by atoms with van der Waals surface area (Å²) in [5.74, 6) is -0.284. The number of hydrogen-bond donors (Lipinski definition) is 1. The van der Waals surface area contributed by atoms with Crippen LogP contribution in [0.5, 0.6) is 5.75 Å². The van der Waals surface area contributed by atoms with E-state index >= 15 is 0 Å². The maximum atomic E-state index is 14.0. The SMILES string of the molecule is CCOc1ccc(N(CC(=O)N(Cc2ccccc2C)C(C)C(=O)NC(C)C)S(=O)(=O)c2ccc(Cl)cc2)cc1. The Labute approximate surface area is 241 Å². The van der Waals surface area contributed by atoms with E-state index in [1.807, 2.05) is 52.0 Å². The molecule has 3 aromatic rings. The van der Waals surface area contributed by atoms with Crippen LogP contribution < -0.4 is 14.4 Å². The van der Waals surface area contributed by atoms with Gasteiger partial charge in [-0.3, -0.25) is 13.9 Å². The second-order valence-corrected chi connectivity index (χ2v) is 12.0. The number of nitrogens with zero attached hydrogens (tertiary/aromatic N) is 2. The van der Waals surface area contributed by atoms with Gasteiger partial charge in [-0.15, -0.1) is 0 Å². The van der Waals surface area contributed by atoms with Crippen molar-refractivity contribution in [2.24, 2.45) is 0 Å². The lowest BCUT2D eigenvalue weighted by atomic mass is 10.1. The van der Waals surface area contributed by atoms with E-state index in [9.17, 15) is 18.0 Å². The van der Waals surface area contributed by atoms with Crippen LogP contribution in [-0.2, 0) is 26.2 Å². The van der Waals surface area contributed by atoms with Crippen molar-refractivity contribution in [1.82, 2.24) is 10.2 Å². The van der Waals surface area contributed by atoms with Gasteiger partial charge in [-0.1, -0.05) is 35.9 Å². The molecular formula is C30H36ClN3O5S. The quantitative estimate of drug-likeness (QED) is 0.316. The lowest BCUT2D eigenvalue weighted by Gasteiger charge is -2.32. The molecule has 10 heteroatoms. The van der Waals surface area contributed by atoms with Gasteiger partial charge in [0.05, 0.1) is 17.2 Å². The van der Waals surface area contributed by atoms with Crippen LogP contribution in [0.3, 0.4) is 0 Å². The summed E-state index contributed by atoms with van der Waals surface area (Å²) in [5.41, 5.74) is 2.09. The van der Waals surface area contributed by atoms with Crippen LogP contribution in [0.4, 0.5) is 5.69 Å². The molecule has 0 aliphatic heterocycles. The van der Waals surface area contributed by atoms with Gasteiger partial charge in [-0.25, -0.2) is 8.42 Å². The number of anilines is 1. The zero-order valence-corrected chi connectivity index (χ0v) is 25.0. The van der Waals surface area contributed by atoms with Gasteiger partial charge in [0.25, 0.3) is 10.0 Å². The second kappa shape index (κ2) is 13.7. The first kappa shape index (κ1) is 31.0. The van der Waals surface area contributed by atoms with E-state index in [2.05, 4.69) is 5.32 Å². The van der Waals surface area contributed by atoms with E-state index in [-0.39, 0.29) is 29.1 Å². The Kier molecular flexibility index (Phi) is 10.6. The van der Waals surface area contributed by atoms with Gasteiger partial charge in [0, 0.05) is 17.6 Å². The number of sulfonamides is 1. The van der Waals surface area contributed by atoms with E-state index < -0.39 is 28.5 Å². The summed E-state index contributed by atoms with van der Waals surface area (Å²) in [5, 5.41) is 3.24. The maximum absolute atomic E-state index is 14.0. The molecule has 1 unspecified atom stereocenters. The molecular weight excluding hydrogens is 550 g/mol. The fourth-order valence-corrected chi connectivity index (χ4v) is 5.64. The standard InChI is InChI=1S/C30H36ClN3O5S/c1-6-39-27-15-13-26(14-16-27)34(40(37,38)28-17-11-25(31)12-18-28)20-29(35)33(23(5)30(36)32-21(2)3)19-24-10-8-7-9-22(24)4/h7-18,21,23H,6,19-20H2,1-5H3,(H,32,36). The molecule has 0 aromatic heterocycles. The van der Waals surface area contributed by atoms with Crippen molar-refractivity contribution in [2.45, 2.75) is 58.1 Å². The molecule has 2 amide bonds. The smallest absolute Gasteiger partial charge is 0.264 e. The first-order chi connectivity index (χ1) is 18.9. The Balaban J connectivity index is 2.04. The number of aryl methyl sites for hydroxylation is 1. The van der Waals surface area contributed by atoms with Crippen LogP contribution in [0.2, 0.25) is 5.02 Å². The number of rotatable bonds is 12. The van der Waals surface area contributed by atoms with Crippen molar-refractivity contribution in [2.75, 3.05) is 17.5 Å². The van der Waals surface area contributed by atoms with Gasteiger partial charge in [-0.2, -0.15) is 0 Å². The summed E-state index contributed by atoms with van der Waals surface area (Å²) >= 11 is 6.00. The maximum Gasteiger partial charge on any atom is 0.264 e. The molecule has 0 bridgehead atoms. The van der Waals surface area contributed by atoms with Crippen LogP contribution in [-0.4, -0.2) is 50.4 Å². The van der Waals surface area contributed by atoms with Crippen molar-refractivity contribution >= 4 is 39.1 Å². The van der Waals surface area contributed by atoms with Crippen molar-refractivity contribution in [3.63, 3.8) is 0 Å². The fraction of sp³-hybridized carbons (Fsp3) is 0.333. The number of carbonyl (C=O) groups excluding carboxylic acids is 2. The summed E-state index contributed by atoms with van der Waals surface area (Å²) in [4.78, 5) is 28.4. The highest BCUT2D eigenvalue weighted by molar-refractivity contribution is 7.92. The monoisotopic (exact) mass is 585 g/mol. The topological polar surface area (TPSA) is 96.0 Å². The lowest BCUT2D eigenvalue weighted by Crippen LogP contribution is -2.52. The van der Waals surface area contributed by atoms with Gasteiger partial charge in [0.15, 0.2) is 0 Å². The average molecular weight is 586 g/mol. The molecule has 0 heterocycles. The number of nitrogens with one attached hydrogen (secondary N) is 1. The predicted octanol–water partition coefficient (Wildman–Crippen LogP) is 5.18. The molecule has 40 heavy (non-hydrogen) atoms. The Bertz CT molecular complexity index is 1410. The summed E-state index contributed by atoms with van der Waals surface area (Å²) in [6.07, 6.45) is 0. The van der Waals surface area contributed by atoms with Crippen LogP contribution in [0.25, 0.3) is 0 Å². The fourth-order valence-electron chi connectivity index (χ4n) is 4.10. The number of amides is 2. The Morgan fingerprint density at radius 1 is 0.950 bits per heavy atom. The van der Waals surface area contributed by atoms with Crippen LogP contribution in [0.1, 0.15) is 38.8 Å². The van der Waals surface area contributed by atoms with Gasteiger partial charge in [0.2, 0.25) is 11.8 Å². The van der Waals surface area contributed by atoms with Gasteiger partial charge < -0.3 is 15.0 Å². The number of hydrogen-bond acceptors (Lipinski definition) is 5. The lowest BCUT2D eigenvalue weighted by molar-refractivity contribution is -0.139. The summed E-state index contributed by atoms with van der Waals surface area (Å²) in [6, 6.07) is 18.8. The van der Waals surface area contributed by atoms with Crippen LogP contribution in [0, 0.1) is 6.92 Å². The first-order valence-corrected chi connectivity index (χ1v) is 14.9. The molecule has 8 nitrogen and oxygen atoms in total. The van der Waals surface area contributed by atoms with Crippen molar-refractivity contribution in [3.05, 3.63) is 88.9 Å². The summed E-state index contributed by atoms with van der Waals surface area (Å²) < 4.78 is 34.3. The number of halogens is 1. The predicted molar refractivity (Wildman–Crippen MR) is 158 cm³/mol. The third kappa shape index (κ3) is 7.76. The molecule has 0 aliphatic carbocycles. The van der Waals surface area contributed by atoms with Gasteiger partial charge in [0.1, 0.15) is 18.3 Å². The molecule has 0 fully saturated rings. The second-order valence-electron chi connectivity index (χ2n) is 9.68. The minimum atomic E-state index is -4.18.